The quantitative estimate of drug-likeness (QED) is 0.853. The minimum absolute atomic E-state index is 0.196. The molecular formula is C15H13NO3. The Bertz CT molecular complexity index is 606. The maximum absolute atomic E-state index is 11.3. The molecule has 2 rings (SSSR count). The first-order valence-corrected chi connectivity index (χ1v) is 5.72. The van der Waals surface area contributed by atoms with Gasteiger partial charge in [-0.3, -0.25) is 0 Å². The van der Waals surface area contributed by atoms with Gasteiger partial charge in [0.25, 0.3) is 0 Å². The molecule has 2 aromatic rings. The van der Waals surface area contributed by atoms with Crippen LogP contribution >= 0.6 is 0 Å². The van der Waals surface area contributed by atoms with E-state index in [1.54, 1.807) is 42.5 Å². The third-order valence-corrected chi connectivity index (χ3v) is 2.56. The van der Waals surface area contributed by atoms with Gasteiger partial charge in [0.15, 0.2) is 0 Å². The van der Waals surface area contributed by atoms with Crippen molar-refractivity contribution in [3.05, 3.63) is 59.8 Å². The number of benzene rings is 1. The van der Waals surface area contributed by atoms with Crippen LogP contribution in [0, 0.1) is 0 Å². The fraction of sp³-hybridized carbons (Fsp3) is 0.0667. The molecule has 0 fully saturated rings. The first-order chi connectivity index (χ1) is 9.20. The second kappa shape index (κ2) is 5.82. The SMILES string of the molecule is COc1cccc(/C=C(/C(=O)O)c2ccccc2)n1. The molecule has 0 spiro atoms. The first-order valence-electron chi connectivity index (χ1n) is 5.72. The minimum Gasteiger partial charge on any atom is -0.481 e. The van der Waals surface area contributed by atoms with E-state index in [0.717, 1.165) is 0 Å². The zero-order valence-electron chi connectivity index (χ0n) is 10.4. The predicted octanol–water partition coefficient (Wildman–Crippen LogP) is 2.72. The van der Waals surface area contributed by atoms with Crippen LogP contribution in [0.2, 0.25) is 0 Å². The molecule has 4 heteroatoms. The normalized spacial score (nSPS) is 11.1. The van der Waals surface area contributed by atoms with Gasteiger partial charge in [0, 0.05) is 6.07 Å². The molecule has 0 aliphatic rings. The van der Waals surface area contributed by atoms with Crippen LogP contribution in [0.3, 0.4) is 0 Å². The van der Waals surface area contributed by atoms with E-state index in [0.29, 0.717) is 17.1 Å². The van der Waals surface area contributed by atoms with Crippen molar-refractivity contribution in [2.24, 2.45) is 0 Å². The molecule has 0 bridgehead atoms. The number of carboxylic acid groups (broad SMARTS) is 1. The molecule has 1 aromatic heterocycles. The monoisotopic (exact) mass is 255 g/mol. The molecule has 0 radical (unpaired) electrons. The van der Waals surface area contributed by atoms with Crippen LogP contribution in [0.5, 0.6) is 5.88 Å². The Morgan fingerprint density at radius 1 is 1.16 bits per heavy atom. The van der Waals surface area contributed by atoms with E-state index < -0.39 is 5.97 Å². The van der Waals surface area contributed by atoms with Crippen LogP contribution in [-0.4, -0.2) is 23.2 Å². The number of hydrogen-bond donors (Lipinski definition) is 1. The van der Waals surface area contributed by atoms with Crippen molar-refractivity contribution >= 4 is 17.6 Å². The van der Waals surface area contributed by atoms with Crippen molar-refractivity contribution < 1.29 is 14.6 Å². The van der Waals surface area contributed by atoms with Gasteiger partial charge in [-0.15, -0.1) is 0 Å². The van der Waals surface area contributed by atoms with Crippen molar-refractivity contribution in [2.45, 2.75) is 0 Å². The Labute approximate surface area is 111 Å². The van der Waals surface area contributed by atoms with E-state index in [2.05, 4.69) is 4.98 Å². The van der Waals surface area contributed by atoms with E-state index in [-0.39, 0.29) is 5.57 Å². The van der Waals surface area contributed by atoms with Gasteiger partial charge < -0.3 is 9.84 Å². The van der Waals surface area contributed by atoms with Crippen LogP contribution < -0.4 is 4.74 Å². The van der Waals surface area contributed by atoms with Crippen LogP contribution in [-0.2, 0) is 4.79 Å². The Morgan fingerprint density at radius 2 is 1.89 bits per heavy atom. The number of carboxylic acids is 1. The molecule has 1 heterocycles. The van der Waals surface area contributed by atoms with Crippen molar-refractivity contribution in [3.63, 3.8) is 0 Å². The average molecular weight is 255 g/mol. The number of pyridine rings is 1. The molecular weight excluding hydrogens is 242 g/mol. The molecule has 0 amide bonds. The first kappa shape index (κ1) is 12.8. The summed E-state index contributed by atoms with van der Waals surface area (Å²) < 4.78 is 5.01. The summed E-state index contributed by atoms with van der Waals surface area (Å²) in [7, 11) is 1.52. The van der Waals surface area contributed by atoms with Crippen LogP contribution in [0.1, 0.15) is 11.3 Å². The highest BCUT2D eigenvalue weighted by molar-refractivity contribution is 6.20. The van der Waals surface area contributed by atoms with Gasteiger partial charge in [-0.1, -0.05) is 36.4 Å². The third kappa shape index (κ3) is 3.19. The Kier molecular flexibility index (Phi) is 3.93. The molecule has 0 atom stereocenters. The Hall–Kier alpha value is -2.62. The topological polar surface area (TPSA) is 59.4 Å². The second-order valence-corrected chi connectivity index (χ2v) is 3.83. The van der Waals surface area contributed by atoms with Gasteiger partial charge in [-0.05, 0) is 17.7 Å². The number of ether oxygens (including phenoxy) is 1. The van der Waals surface area contributed by atoms with Gasteiger partial charge >= 0.3 is 5.97 Å². The second-order valence-electron chi connectivity index (χ2n) is 3.83. The van der Waals surface area contributed by atoms with Crippen LogP contribution in [0.4, 0.5) is 0 Å². The molecule has 0 saturated heterocycles. The number of carbonyl (C=O) groups is 1. The maximum atomic E-state index is 11.3. The summed E-state index contributed by atoms with van der Waals surface area (Å²) in [6.45, 7) is 0. The zero-order chi connectivity index (χ0) is 13.7. The number of rotatable bonds is 4. The molecule has 96 valence electrons. The van der Waals surface area contributed by atoms with E-state index in [1.807, 2.05) is 6.07 Å². The lowest BCUT2D eigenvalue weighted by Gasteiger charge is -2.03. The number of aromatic nitrogens is 1. The van der Waals surface area contributed by atoms with E-state index in [9.17, 15) is 9.90 Å². The molecule has 4 nitrogen and oxygen atoms in total. The van der Waals surface area contributed by atoms with Gasteiger partial charge in [0.1, 0.15) is 0 Å². The Morgan fingerprint density at radius 3 is 2.53 bits per heavy atom. The summed E-state index contributed by atoms with van der Waals surface area (Å²) in [5.41, 5.74) is 1.38. The summed E-state index contributed by atoms with van der Waals surface area (Å²) in [4.78, 5) is 15.5. The van der Waals surface area contributed by atoms with E-state index >= 15 is 0 Å². The summed E-state index contributed by atoms with van der Waals surface area (Å²) in [5, 5.41) is 9.29. The van der Waals surface area contributed by atoms with Crippen molar-refractivity contribution in [2.75, 3.05) is 7.11 Å². The van der Waals surface area contributed by atoms with Gasteiger partial charge in [0.05, 0.1) is 18.4 Å². The van der Waals surface area contributed by atoms with Gasteiger partial charge in [-0.25, -0.2) is 9.78 Å². The van der Waals surface area contributed by atoms with E-state index in [4.69, 9.17) is 4.74 Å². The number of nitrogens with zero attached hydrogens (tertiary/aromatic N) is 1. The fourth-order valence-corrected chi connectivity index (χ4v) is 1.66. The van der Waals surface area contributed by atoms with Crippen molar-refractivity contribution in [3.8, 4) is 5.88 Å². The fourth-order valence-electron chi connectivity index (χ4n) is 1.66. The predicted molar refractivity (Wildman–Crippen MR) is 72.7 cm³/mol. The number of hydrogen-bond acceptors (Lipinski definition) is 3. The minimum atomic E-state index is -0.990. The van der Waals surface area contributed by atoms with E-state index in [1.165, 1.54) is 13.2 Å². The van der Waals surface area contributed by atoms with Crippen molar-refractivity contribution in [1.29, 1.82) is 0 Å². The average Bonchev–Trinajstić information content (AvgIpc) is 2.45. The molecule has 0 aliphatic heterocycles. The van der Waals surface area contributed by atoms with Gasteiger partial charge in [0.2, 0.25) is 5.88 Å². The third-order valence-electron chi connectivity index (χ3n) is 2.56. The summed E-state index contributed by atoms with van der Waals surface area (Å²) in [5.74, 6) is -0.539. The Balaban J connectivity index is 2.44. The largest absolute Gasteiger partial charge is 0.481 e. The summed E-state index contributed by atoms with van der Waals surface area (Å²) in [6.07, 6.45) is 1.53. The molecule has 1 aromatic carbocycles. The molecule has 0 saturated carbocycles. The van der Waals surface area contributed by atoms with Gasteiger partial charge in [-0.2, -0.15) is 0 Å². The summed E-state index contributed by atoms with van der Waals surface area (Å²) in [6, 6.07) is 14.1. The highest BCUT2D eigenvalue weighted by Gasteiger charge is 2.10. The lowest BCUT2D eigenvalue weighted by Crippen LogP contribution is -2.00. The highest BCUT2D eigenvalue weighted by atomic mass is 16.5. The zero-order valence-corrected chi connectivity index (χ0v) is 10.4. The lowest BCUT2D eigenvalue weighted by atomic mass is 10.0. The molecule has 0 unspecified atom stereocenters. The van der Waals surface area contributed by atoms with Crippen LogP contribution in [0.15, 0.2) is 48.5 Å². The molecule has 0 aliphatic carbocycles. The van der Waals surface area contributed by atoms with Crippen LogP contribution in [0.25, 0.3) is 11.6 Å². The van der Waals surface area contributed by atoms with Crippen molar-refractivity contribution in [1.82, 2.24) is 4.98 Å². The standard InChI is InChI=1S/C15H13NO3/c1-19-14-9-5-8-12(16-14)10-13(15(17)18)11-6-3-2-4-7-11/h2-10H,1H3,(H,17,18)/b13-10+. The summed E-state index contributed by atoms with van der Waals surface area (Å²) >= 11 is 0. The highest BCUT2D eigenvalue weighted by Crippen LogP contribution is 2.18. The smallest absolute Gasteiger partial charge is 0.336 e. The molecule has 19 heavy (non-hydrogen) atoms. The number of aliphatic carboxylic acids is 1. The lowest BCUT2D eigenvalue weighted by molar-refractivity contribution is -0.130. The molecule has 1 N–H and O–H groups in total. The maximum Gasteiger partial charge on any atom is 0.336 e. The number of methoxy groups -OCH3 is 1.